The second-order valence-electron chi connectivity index (χ2n) is 5.76. The van der Waals surface area contributed by atoms with E-state index in [1.54, 1.807) is 28.8 Å². The second-order valence-corrected chi connectivity index (χ2v) is 9.70. The summed E-state index contributed by atoms with van der Waals surface area (Å²) in [5.74, 6) is 1.20. The number of carbonyl (C=O) groups is 1. The van der Waals surface area contributed by atoms with E-state index in [0.29, 0.717) is 27.5 Å². The Morgan fingerprint density at radius 2 is 2.15 bits per heavy atom. The number of thioether (sulfide) groups is 1. The molecule has 3 heterocycles. The van der Waals surface area contributed by atoms with Crippen molar-refractivity contribution >= 4 is 66.6 Å². The van der Waals surface area contributed by atoms with Crippen LogP contribution in [0.15, 0.2) is 41.7 Å². The molecule has 0 aliphatic carbocycles. The van der Waals surface area contributed by atoms with E-state index in [1.165, 1.54) is 36.1 Å². The molecular weight excluding hydrogens is 428 g/mol. The molecule has 1 N–H and O–H groups in total. The van der Waals surface area contributed by atoms with Crippen LogP contribution in [0.1, 0.15) is 10.4 Å². The van der Waals surface area contributed by atoms with Gasteiger partial charge in [0.25, 0.3) is 15.9 Å². The lowest BCUT2D eigenvalue weighted by atomic mass is 10.1. The summed E-state index contributed by atoms with van der Waals surface area (Å²) in [7, 11) is -4.04. The zero-order valence-corrected chi connectivity index (χ0v) is 17.0. The summed E-state index contributed by atoms with van der Waals surface area (Å²) < 4.78 is 33.1. The molecule has 0 unspecified atom stereocenters. The highest BCUT2D eigenvalue weighted by Gasteiger charge is 2.26. The van der Waals surface area contributed by atoms with E-state index in [0.717, 1.165) is 5.75 Å². The van der Waals surface area contributed by atoms with Crippen molar-refractivity contribution in [2.24, 2.45) is 0 Å². The van der Waals surface area contributed by atoms with E-state index in [1.807, 2.05) is 0 Å². The van der Waals surface area contributed by atoms with Crippen molar-refractivity contribution in [1.29, 1.82) is 0 Å². The van der Waals surface area contributed by atoms with Crippen LogP contribution in [0, 0.1) is 0 Å². The van der Waals surface area contributed by atoms with Gasteiger partial charge < -0.3 is 4.90 Å². The molecule has 0 atom stereocenters. The van der Waals surface area contributed by atoms with E-state index in [4.69, 9.17) is 11.6 Å². The molecule has 4 rings (SSSR count). The van der Waals surface area contributed by atoms with Crippen molar-refractivity contribution in [3.05, 3.63) is 47.2 Å². The summed E-state index contributed by atoms with van der Waals surface area (Å²) in [5.41, 5.74) is 0.382. The van der Waals surface area contributed by atoms with Crippen LogP contribution in [-0.2, 0) is 10.0 Å². The number of nitrogens with zero attached hydrogens (tertiary/aromatic N) is 3. The molecule has 140 valence electrons. The van der Waals surface area contributed by atoms with Crippen LogP contribution in [0.5, 0.6) is 0 Å². The Morgan fingerprint density at radius 3 is 2.93 bits per heavy atom. The average molecular weight is 441 g/mol. The number of fused-ring (bicyclic) bond motifs is 1. The van der Waals surface area contributed by atoms with Crippen LogP contribution in [0.25, 0.3) is 10.1 Å². The first-order valence-electron chi connectivity index (χ1n) is 7.84. The second kappa shape index (κ2) is 7.27. The largest absolute Gasteiger partial charge is 0.328 e. The highest BCUT2D eigenvalue weighted by Crippen LogP contribution is 2.29. The number of rotatable bonds is 4. The van der Waals surface area contributed by atoms with Gasteiger partial charge in [0.2, 0.25) is 0 Å². The summed E-state index contributed by atoms with van der Waals surface area (Å²) in [5, 5.41) is 0.619. The van der Waals surface area contributed by atoms with Gasteiger partial charge in [-0.2, -0.15) is 12.8 Å². The molecule has 0 spiro atoms. The topological polar surface area (TPSA) is 92.3 Å². The van der Waals surface area contributed by atoms with Gasteiger partial charge in [0.1, 0.15) is 0 Å². The van der Waals surface area contributed by atoms with Gasteiger partial charge in [-0.15, -0.1) is 11.8 Å². The molecular formula is C16H13ClN4O3S3. The van der Waals surface area contributed by atoms with E-state index in [-0.39, 0.29) is 22.2 Å². The normalized spacial score (nSPS) is 14.6. The Hall–Kier alpha value is -1.88. The van der Waals surface area contributed by atoms with E-state index in [2.05, 4.69) is 14.1 Å². The van der Waals surface area contributed by atoms with Crippen LogP contribution in [0.3, 0.4) is 0 Å². The Kier molecular flexibility index (Phi) is 4.97. The summed E-state index contributed by atoms with van der Waals surface area (Å²) in [4.78, 5) is 18.5. The number of nitrogens with one attached hydrogen (secondary N) is 1. The average Bonchev–Trinajstić information content (AvgIpc) is 3.32. The summed E-state index contributed by atoms with van der Waals surface area (Å²) >= 11 is 8.88. The number of benzene rings is 1. The third kappa shape index (κ3) is 3.62. The first-order valence-corrected chi connectivity index (χ1v) is 11.6. The molecule has 7 nitrogen and oxygen atoms in total. The van der Waals surface area contributed by atoms with Gasteiger partial charge in [0, 0.05) is 23.5 Å². The fraction of sp³-hybridized carbons (Fsp3) is 0.188. The number of anilines is 1. The highest BCUT2D eigenvalue weighted by molar-refractivity contribution is 7.99. The van der Waals surface area contributed by atoms with Crippen LogP contribution in [0.2, 0.25) is 5.02 Å². The number of sulfonamides is 1. The number of carbonyl (C=O) groups excluding carboxylic acids is 1. The summed E-state index contributed by atoms with van der Waals surface area (Å²) in [6.45, 7) is 0.625. The lowest BCUT2D eigenvalue weighted by Crippen LogP contribution is -2.29. The predicted molar refractivity (Wildman–Crippen MR) is 108 cm³/mol. The lowest BCUT2D eigenvalue weighted by molar-refractivity contribution is 0.0804. The van der Waals surface area contributed by atoms with Crippen molar-refractivity contribution in [2.75, 3.05) is 22.9 Å². The molecule has 0 bridgehead atoms. The number of aromatic nitrogens is 2. The molecule has 0 radical (unpaired) electrons. The maximum atomic E-state index is 13.0. The quantitative estimate of drug-likeness (QED) is 0.669. The Morgan fingerprint density at radius 1 is 1.30 bits per heavy atom. The lowest BCUT2D eigenvalue weighted by Gasteiger charge is -2.18. The number of hydrogen-bond donors (Lipinski definition) is 1. The van der Waals surface area contributed by atoms with Crippen molar-refractivity contribution < 1.29 is 13.2 Å². The van der Waals surface area contributed by atoms with E-state index >= 15 is 0 Å². The van der Waals surface area contributed by atoms with Crippen LogP contribution in [-0.4, -0.2) is 46.8 Å². The standard InChI is InChI=1S/C16H13ClN4O3S3/c17-10-1-2-11(16(22)21-5-6-25-9-21)13(7-10)20-27(23,24)15-12-8-19-26-14(12)3-4-18-15/h1-4,7-8,20H,5-6,9H2. The van der Waals surface area contributed by atoms with E-state index < -0.39 is 10.0 Å². The Balaban J connectivity index is 1.74. The number of hydrogen-bond acceptors (Lipinski definition) is 7. The molecule has 1 fully saturated rings. The van der Waals surface area contributed by atoms with Gasteiger partial charge in [-0.05, 0) is 35.8 Å². The zero-order valence-electron chi connectivity index (χ0n) is 13.8. The van der Waals surface area contributed by atoms with Crippen LogP contribution in [0.4, 0.5) is 5.69 Å². The zero-order chi connectivity index (χ0) is 19.0. The molecule has 1 aliphatic heterocycles. The predicted octanol–water partition coefficient (Wildman–Crippen LogP) is 3.29. The van der Waals surface area contributed by atoms with Crippen molar-refractivity contribution in [1.82, 2.24) is 14.3 Å². The van der Waals surface area contributed by atoms with Crippen molar-refractivity contribution in [3.8, 4) is 0 Å². The van der Waals surface area contributed by atoms with E-state index in [9.17, 15) is 13.2 Å². The third-order valence-corrected chi connectivity index (χ3v) is 7.28. The third-order valence-electron chi connectivity index (χ3n) is 4.00. The Labute approximate surface area is 169 Å². The minimum atomic E-state index is -4.04. The molecule has 3 aromatic rings. The van der Waals surface area contributed by atoms with Gasteiger partial charge in [0.15, 0.2) is 5.03 Å². The fourth-order valence-corrected chi connectivity index (χ4v) is 5.74. The number of halogens is 1. The number of amides is 1. The maximum absolute atomic E-state index is 13.0. The van der Waals surface area contributed by atoms with Gasteiger partial charge in [-0.25, -0.2) is 4.98 Å². The molecule has 11 heteroatoms. The minimum absolute atomic E-state index is 0.131. The van der Waals surface area contributed by atoms with Gasteiger partial charge in [0.05, 0.1) is 33.4 Å². The molecule has 27 heavy (non-hydrogen) atoms. The molecule has 0 saturated carbocycles. The highest BCUT2D eigenvalue weighted by atomic mass is 35.5. The molecule has 1 saturated heterocycles. The van der Waals surface area contributed by atoms with Crippen molar-refractivity contribution in [2.45, 2.75) is 5.03 Å². The maximum Gasteiger partial charge on any atom is 0.280 e. The van der Waals surface area contributed by atoms with Gasteiger partial charge >= 0.3 is 0 Å². The SMILES string of the molecule is O=C(c1ccc(Cl)cc1NS(=O)(=O)c1nccc2sncc12)N1CCSC1. The first-order chi connectivity index (χ1) is 13.0. The molecule has 2 aromatic heterocycles. The van der Waals surface area contributed by atoms with Gasteiger partial charge in [-0.1, -0.05) is 11.6 Å². The van der Waals surface area contributed by atoms with Crippen molar-refractivity contribution in [3.63, 3.8) is 0 Å². The minimum Gasteiger partial charge on any atom is -0.328 e. The summed E-state index contributed by atoms with van der Waals surface area (Å²) in [6, 6.07) is 6.23. The molecule has 1 aliphatic rings. The van der Waals surface area contributed by atoms with Gasteiger partial charge in [-0.3, -0.25) is 9.52 Å². The Bertz CT molecular complexity index is 1130. The number of pyridine rings is 1. The molecule has 1 amide bonds. The smallest absolute Gasteiger partial charge is 0.280 e. The van der Waals surface area contributed by atoms with Crippen LogP contribution < -0.4 is 4.72 Å². The first kappa shape index (κ1) is 18.5. The monoisotopic (exact) mass is 440 g/mol. The fourth-order valence-electron chi connectivity index (χ4n) is 2.71. The van der Waals surface area contributed by atoms with Crippen LogP contribution >= 0.6 is 34.9 Å². The summed E-state index contributed by atoms with van der Waals surface area (Å²) in [6.07, 6.45) is 2.88. The molecule has 1 aromatic carbocycles.